The fourth-order valence-corrected chi connectivity index (χ4v) is 2.85. The van der Waals surface area contributed by atoms with Gasteiger partial charge in [0, 0.05) is 43.4 Å². The van der Waals surface area contributed by atoms with E-state index in [4.69, 9.17) is 5.26 Å². The molecule has 25 heavy (non-hydrogen) atoms. The zero-order valence-corrected chi connectivity index (χ0v) is 13.6. The van der Waals surface area contributed by atoms with Gasteiger partial charge in [0.05, 0.1) is 0 Å². The molecular formula is C18H16N4O3. The van der Waals surface area contributed by atoms with Crippen LogP contribution in [0.15, 0.2) is 35.1 Å². The highest BCUT2D eigenvalue weighted by molar-refractivity contribution is 5.95. The zero-order valence-electron chi connectivity index (χ0n) is 13.6. The van der Waals surface area contributed by atoms with Gasteiger partial charge in [-0.15, -0.1) is 0 Å². The van der Waals surface area contributed by atoms with E-state index in [-0.39, 0.29) is 17.4 Å². The second-order valence-corrected chi connectivity index (χ2v) is 5.86. The number of amides is 2. The summed E-state index contributed by atoms with van der Waals surface area (Å²) in [4.78, 5) is 39.8. The van der Waals surface area contributed by atoms with E-state index in [9.17, 15) is 14.4 Å². The van der Waals surface area contributed by atoms with Crippen molar-refractivity contribution < 1.29 is 9.59 Å². The normalized spacial score (nSPS) is 12.9. The summed E-state index contributed by atoms with van der Waals surface area (Å²) in [7, 11) is 0. The number of hydrogen-bond donors (Lipinski definition) is 2. The Morgan fingerprint density at radius 2 is 2.00 bits per heavy atom. The predicted octanol–water partition coefficient (Wildman–Crippen LogP) is 1.40. The number of fused-ring (bicyclic) bond motifs is 1. The van der Waals surface area contributed by atoms with Gasteiger partial charge in [0.25, 0.3) is 11.5 Å². The topological polar surface area (TPSA) is 106 Å². The number of hydrogen-bond acceptors (Lipinski definition) is 4. The van der Waals surface area contributed by atoms with Crippen molar-refractivity contribution in [3.8, 4) is 6.07 Å². The second kappa shape index (κ2) is 6.61. The van der Waals surface area contributed by atoms with Crippen molar-refractivity contribution >= 4 is 17.5 Å². The monoisotopic (exact) mass is 336 g/mol. The number of aromatic amines is 1. The lowest BCUT2D eigenvalue weighted by molar-refractivity contribution is -0.114. The minimum atomic E-state index is -0.394. The Morgan fingerprint density at radius 1 is 1.28 bits per heavy atom. The number of nitrogens with zero attached hydrogens (tertiary/aromatic N) is 2. The van der Waals surface area contributed by atoms with Gasteiger partial charge in [0.2, 0.25) is 5.91 Å². The number of rotatable bonds is 2. The van der Waals surface area contributed by atoms with Crippen LogP contribution < -0.4 is 10.9 Å². The first-order valence-electron chi connectivity index (χ1n) is 7.80. The SMILES string of the molecule is CC(=O)Nc1ccc(C(=O)N2CCc3[nH]c(=O)c(C#N)cc3C2)cc1. The first-order chi connectivity index (χ1) is 12.0. The maximum absolute atomic E-state index is 12.7. The molecule has 1 aliphatic rings. The van der Waals surface area contributed by atoms with E-state index in [1.807, 2.05) is 6.07 Å². The smallest absolute Gasteiger partial charge is 0.266 e. The van der Waals surface area contributed by atoms with Crippen LogP contribution in [0.2, 0.25) is 0 Å². The van der Waals surface area contributed by atoms with Crippen molar-refractivity contribution in [1.29, 1.82) is 5.26 Å². The van der Waals surface area contributed by atoms with Gasteiger partial charge in [-0.1, -0.05) is 0 Å². The molecule has 1 aromatic carbocycles. The molecule has 2 amide bonds. The van der Waals surface area contributed by atoms with Gasteiger partial charge in [-0.3, -0.25) is 14.4 Å². The molecule has 2 N–H and O–H groups in total. The minimum absolute atomic E-state index is 0.0488. The van der Waals surface area contributed by atoms with Crippen molar-refractivity contribution in [2.24, 2.45) is 0 Å². The molecule has 0 spiro atoms. The highest BCUT2D eigenvalue weighted by Gasteiger charge is 2.23. The molecule has 0 fully saturated rings. The largest absolute Gasteiger partial charge is 0.334 e. The van der Waals surface area contributed by atoms with Gasteiger partial charge in [0.1, 0.15) is 11.6 Å². The molecule has 2 heterocycles. The summed E-state index contributed by atoms with van der Waals surface area (Å²) in [6.45, 7) is 2.25. The Balaban J connectivity index is 1.79. The van der Waals surface area contributed by atoms with E-state index in [2.05, 4.69) is 10.3 Å². The third-order valence-electron chi connectivity index (χ3n) is 4.07. The second-order valence-electron chi connectivity index (χ2n) is 5.86. The quantitative estimate of drug-likeness (QED) is 0.864. The lowest BCUT2D eigenvalue weighted by Crippen LogP contribution is -2.37. The fraction of sp³-hybridized carbons (Fsp3) is 0.222. The van der Waals surface area contributed by atoms with E-state index in [0.29, 0.717) is 30.8 Å². The Bertz CT molecular complexity index is 938. The third-order valence-corrected chi connectivity index (χ3v) is 4.07. The molecule has 7 nitrogen and oxygen atoms in total. The van der Waals surface area contributed by atoms with Gasteiger partial charge in [-0.2, -0.15) is 5.26 Å². The first-order valence-corrected chi connectivity index (χ1v) is 7.80. The molecule has 1 aromatic heterocycles. The maximum Gasteiger partial charge on any atom is 0.266 e. The number of benzene rings is 1. The highest BCUT2D eigenvalue weighted by atomic mass is 16.2. The van der Waals surface area contributed by atoms with Crippen LogP contribution in [-0.4, -0.2) is 28.2 Å². The van der Waals surface area contributed by atoms with Crippen LogP contribution in [0.5, 0.6) is 0 Å². The van der Waals surface area contributed by atoms with Crippen LogP contribution in [-0.2, 0) is 17.8 Å². The molecule has 0 aliphatic carbocycles. The average molecular weight is 336 g/mol. The fourth-order valence-electron chi connectivity index (χ4n) is 2.85. The van der Waals surface area contributed by atoms with Crippen molar-refractivity contribution in [3.63, 3.8) is 0 Å². The molecule has 1 aliphatic heterocycles. The van der Waals surface area contributed by atoms with Gasteiger partial charge >= 0.3 is 0 Å². The molecule has 2 aromatic rings. The molecule has 3 rings (SSSR count). The lowest BCUT2D eigenvalue weighted by atomic mass is 10.0. The molecule has 0 unspecified atom stereocenters. The van der Waals surface area contributed by atoms with E-state index >= 15 is 0 Å². The van der Waals surface area contributed by atoms with Crippen LogP contribution in [0.25, 0.3) is 0 Å². The van der Waals surface area contributed by atoms with E-state index < -0.39 is 5.56 Å². The van der Waals surface area contributed by atoms with Crippen LogP contribution in [0.4, 0.5) is 5.69 Å². The number of pyridine rings is 1. The van der Waals surface area contributed by atoms with Crippen molar-refractivity contribution in [2.45, 2.75) is 19.9 Å². The Hall–Kier alpha value is -3.40. The molecule has 0 saturated heterocycles. The minimum Gasteiger partial charge on any atom is -0.334 e. The Morgan fingerprint density at radius 3 is 2.64 bits per heavy atom. The van der Waals surface area contributed by atoms with Crippen LogP contribution in [0.1, 0.15) is 34.1 Å². The summed E-state index contributed by atoms with van der Waals surface area (Å²) in [5.41, 5.74) is 2.36. The average Bonchev–Trinajstić information content (AvgIpc) is 2.60. The van der Waals surface area contributed by atoms with Gasteiger partial charge in [-0.05, 0) is 35.9 Å². The third kappa shape index (κ3) is 3.43. The van der Waals surface area contributed by atoms with Crippen molar-refractivity contribution in [2.75, 3.05) is 11.9 Å². The molecule has 7 heteroatoms. The van der Waals surface area contributed by atoms with Gasteiger partial charge in [0.15, 0.2) is 0 Å². The lowest BCUT2D eigenvalue weighted by Gasteiger charge is -2.28. The van der Waals surface area contributed by atoms with Crippen LogP contribution in [0.3, 0.4) is 0 Å². The first kappa shape index (κ1) is 16.5. The summed E-state index contributed by atoms with van der Waals surface area (Å²) >= 11 is 0. The predicted molar refractivity (Wildman–Crippen MR) is 91.0 cm³/mol. The van der Waals surface area contributed by atoms with Crippen LogP contribution in [0, 0.1) is 11.3 Å². The highest BCUT2D eigenvalue weighted by Crippen LogP contribution is 2.19. The summed E-state index contributed by atoms with van der Waals surface area (Å²) in [6.07, 6.45) is 0.534. The van der Waals surface area contributed by atoms with Gasteiger partial charge < -0.3 is 15.2 Å². The maximum atomic E-state index is 12.7. The zero-order chi connectivity index (χ0) is 18.0. The number of H-pyrrole nitrogens is 1. The van der Waals surface area contributed by atoms with E-state index in [1.54, 1.807) is 35.2 Å². The van der Waals surface area contributed by atoms with Crippen molar-refractivity contribution in [1.82, 2.24) is 9.88 Å². The number of nitriles is 1. The number of carbonyl (C=O) groups is 2. The molecule has 0 radical (unpaired) electrons. The standard InChI is InChI=1S/C18H16N4O3/c1-11(23)20-15-4-2-12(3-5-15)18(25)22-7-6-16-14(10-22)8-13(9-19)17(24)21-16/h2-5,8H,6-7,10H2,1H3,(H,20,23)(H,21,24). The van der Waals surface area contributed by atoms with E-state index in [0.717, 1.165) is 11.3 Å². The number of carbonyl (C=O) groups excluding carboxylic acids is 2. The summed E-state index contributed by atoms with van der Waals surface area (Å²) in [6, 6.07) is 10.1. The summed E-state index contributed by atoms with van der Waals surface area (Å²) in [5, 5.41) is 11.6. The molecular weight excluding hydrogens is 320 g/mol. The van der Waals surface area contributed by atoms with Crippen LogP contribution >= 0.6 is 0 Å². The molecule has 0 saturated carbocycles. The molecule has 0 bridgehead atoms. The van der Waals surface area contributed by atoms with E-state index in [1.165, 1.54) is 6.92 Å². The summed E-state index contributed by atoms with van der Waals surface area (Å²) < 4.78 is 0. The Labute approximate surface area is 143 Å². The van der Waals surface area contributed by atoms with Gasteiger partial charge in [-0.25, -0.2) is 0 Å². The molecule has 126 valence electrons. The number of aromatic nitrogens is 1. The summed E-state index contributed by atoms with van der Waals surface area (Å²) in [5.74, 6) is -0.307. The Kier molecular flexibility index (Phi) is 4.35. The number of nitrogens with one attached hydrogen (secondary N) is 2. The number of anilines is 1. The van der Waals surface area contributed by atoms with Crippen molar-refractivity contribution in [3.05, 3.63) is 63.1 Å². The molecule has 0 atom stereocenters.